The maximum atomic E-state index is 11.7. The third-order valence-corrected chi connectivity index (χ3v) is 6.11. The van der Waals surface area contributed by atoms with Crippen LogP contribution in [0, 0.1) is 5.92 Å². The van der Waals surface area contributed by atoms with Crippen molar-refractivity contribution in [1.29, 1.82) is 0 Å². The van der Waals surface area contributed by atoms with Gasteiger partial charge < -0.3 is 5.32 Å². The molecule has 5 nitrogen and oxygen atoms in total. The molecule has 0 aliphatic carbocycles. The lowest BCUT2D eigenvalue weighted by Crippen LogP contribution is -2.33. The summed E-state index contributed by atoms with van der Waals surface area (Å²) in [7, 11) is -2.87. The third-order valence-electron chi connectivity index (χ3n) is 3.12. The SMILES string of the molecule is CCc1ccc(NC(=O)NC[C@@H]2CCS(=O)(=O)C2)s1. The molecule has 1 aromatic rings. The van der Waals surface area contributed by atoms with E-state index >= 15 is 0 Å². The first-order valence-corrected chi connectivity index (χ1v) is 8.96. The van der Waals surface area contributed by atoms with Crippen LogP contribution in [0.2, 0.25) is 0 Å². The van der Waals surface area contributed by atoms with Gasteiger partial charge in [-0.15, -0.1) is 11.3 Å². The summed E-state index contributed by atoms with van der Waals surface area (Å²) in [6.45, 7) is 2.48. The molecule has 2 heterocycles. The number of hydrogen-bond acceptors (Lipinski definition) is 4. The van der Waals surface area contributed by atoms with Crippen LogP contribution in [0.5, 0.6) is 0 Å². The lowest BCUT2D eigenvalue weighted by Gasteiger charge is -2.09. The van der Waals surface area contributed by atoms with Crippen molar-refractivity contribution in [3.8, 4) is 0 Å². The molecule has 1 fully saturated rings. The number of carbonyl (C=O) groups is 1. The molecule has 2 amide bonds. The van der Waals surface area contributed by atoms with E-state index in [-0.39, 0.29) is 23.5 Å². The lowest BCUT2D eigenvalue weighted by atomic mass is 10.1. The molecule has 1 aliphatic rings. The predicted octanol–water partition coefficient (Wildman–Crippen LogP) is 1.87. The van der Waals surface area contributed by atoms with Crippen LogP contribution in [-0.4, -0.2) is 32.5 Å². The molecule has 1 aromatic heterocycles. The van der Waals surface area contributed by atoms with Gasteiger partial charge in [0.05, 0.1) is 16.5 Å². The van der Waals surface area contributed by atoms with Crippen molar-refractivity contribution in [3.63, 3.8) is 0 Å². The van der Waals surface area contributed by atoms with E-state index < -0.39 is 9.84 Å². The van der Waals surface area contributed by atoms with E-state index in [4.69, 9.17) is 0 Å². The Bertz CT molecular complexity index is 551. The fourth-order valence-electron chi connectivity index (χ4n) is 2.06. The molecule has 2 N–H and O–H groups in total. The van der Waals surface area contributed by atoms with Crippen LogP contribution in [0.25, 0.3) is 0 Å². The number of rotatable bonds is 4. The second kappa shape index (κ2) is 5.92. The Kier molecular flexibility index (Phi) is 4.46. The van der Waals surface area contributed by atoms with Gasteiger partial charge in [-0.3, -0.25) is 5.32 Å². The highest BCUT2D eigenvalue weighted by molar-refractivity contribution is 7.91. The number of thiophene rings is 1. The average Bonchev–Trinajstić information content (AvgIpc) is 2.93. The molecule has 0 bridgehead atoms. The molecule has 0 unspecified atom stereocenters. The smallest absolute Gasteiger partial charge is 0.319 e. The minimum atomic E-state index is -2.87. The highest BCUT2D eigenvalue weighted by atomic mass is 32.2. The number of aryl methyl sites for hydroxylation is 1. The number of amides is 2. The quantitative estimate of drug-likeness (QED) is 0.891. The first-order chi connectivity index (χ1) is 8.98. The predicted molar refractivity (Wildman–Crippen MR) is 77.5 cm³/mol. The van der Waals surface area contributed by atoms with Gasteiger partial charge >= 0.3 is 6.03 Å². The van der Waals surface area contributed by atoms with Gasteiger partial charge in [-0.25, -0.2) is 13.2 Å². The maximum Gasteiger partial charge on any atom is 0.319 e. The van der Waals surface area contributed by atoms with E-state index in [1.165, 1.54) is 4.88 Å². The van der Waals surface area contributed by atoms with Gasteiger partial charge in [0.25, 0.3) is 0 Å². The fourth-order valence-corrected chi connectivity index (χ4v) is 4.77. The molecule has 7 heteroatoms. The molecule has 0 radical (unpaired) electrons. The summed E-state index contributed by atoms with van der Waals surface area (Å²) in [5.41, 5.74) is 0. The highest BCUT2D eigenvalue weighted by Gasteiger charge is 2.27. The maximum absolute atomic E-state index is 11.7. The van der Waals surface area contributed by atoms with Crippen LogP contribution < -0.4 is 10.6 Å². The van der Waals surface area contributed by atoms with E-state index in [0.717, 1.165) is 11.4 Å². The van der Waals surface area contributed by atoms with Crippen molar-refractivity contribution in [3.05, 3.63) is 17.0 Å². The molecule has 0 spiro atoms. The zero-order chi connectivity index (χ0) is 13.9. The van der Waals surface area contributed by atoms with Crippen LogP contribution in [0.15, 0.2) is 12.1 Å². The Labute approximate surface area is 117 Å². The number of urea groups is 1. The summed E-state index contributed by atoms with van der Waals surface area (Å²) in [6, 6.07) is 3.60. The first kappa shape index (κ1) is 14.3. The third kappa shape index (κ3) is 4.21. The van der Waals surface area contributed by atoms with Crippen molar-refractivity contribution >= 4 is 32.2 Å². The molecule has 1 saturated heterocycles. The van der Waals surface area contributed by atoms with Gasteiger partial charge in [0.1, 0.15) is 0 Å². The molecule has 106 valence electrons. The largest absolute Gasteiger partial charge is 0.338 e. The minimum absolute atomic E-state index is 0.0466. The Hall–Kier alpha value is -1.08. The highest BCUT2D eigenvalue weighted by Crippen LogP contribution is 2.22. The number of carbonyl (C=O) groups excluding carboxylic acids is 1. The minimum Gasteiger partial charge on any atom is -0.338 e. The molecule has 0 saturated carbocycles. The monoisotopic (exact) mass is 302 g/mol. The molecule has 0 aromatic carbocycles. The van der Waals surface area contributed by atoms with Gasteiger partial charge in [0.2, 0.25) is 0 Å². The molecule has 1 atom stereocenters. The molecule has 1 aliphatic heterocycles. The van der Waals surface area contributed by atoms with Crippen LogP contribution in [0.1, 0.15) is 18.2 Å². The average molecular weight is 302 g/mol. The van der Waals surface area contributed by atoms with Gasteiger partial charge in [0.15, 0.2) is 9.84 Å². The summed E-state index contributed by atoms with van der Waals surface area (Å²) < 4.78 is 22.6. The molecular formula is C12H18N2O3S2. The van der Waals surface area contributed by atoms with Crippen LogP contribution in [0.4, 0.5) is 9.80 Å². The van der Waals surface area contributed by atoms with Crippen molar-refractivity contribution in [2.45, 2.75) is 19.8 Å². The van der Waals surface area contributed by atoms with Crippen LogP contribution in [0.3, 0.4) is 0 Å². The normalized spacial score (nSPS) is 21.2. The van der Waals surface area contributed by atoms with Crippen molar-refractivity contribution in [2.24, 2.45) is 5.92 Å². The molecular weight excluding hydrogens is 284 g/mol. The Morgan fingerprint density at radius 1 is 1.47 bits per heavy atom. The van der Waals surface area contributed by atoms with Crippen molar-refractivity contribution in [1.82, 2.24) is 5.32 Å². The Balaban J connectivity index is 1.76. The fraction of sp³-hybridized carbons (Fsp3) is 0.583. The van der Waals surface area contributed by atoms with Gasteiger partial charge in [0, 0.05) is 11.4 Å². The lowest BCUT2D eigenvalue weighted by molar-refractivity contribution is 0.250. The summed E-state index contributed by atoms with van der Waals surface area (Å²) in [5.74, 6) is 0.475. The van der Waals surface area contributed by atoms with Gasteiger partial charge in [-0.2, -0.15) is 0 Å². The molecule has 19 heavy (non-hydrogen) atoms. The second-order valence-electron chi connectivity index (χ2n) is 4.72. The van der Waals surface area contributed by atoms with E-state index in [0.29, 0.717) is 13.0 Å². The van der Waals surface area contributed by atoms with Crippen molar-refractivity contribution < 1.29 is 13.2 Å². The first-order valence-electron chi connectivity index (χ1n) is 6.32. The van der Waals surface area contributed by atoms with Crippen LogP contribution in [-0.2, 0) is 16.3 Å². The van der Waals surface area contributed by atoms with Crippen LogP contribution >= 0.6 is 11.3 Å². The zero-order valence-electron chi connectivity index (χ0n) is 10.8. The second-order valence-corrected chi connectivity index (χ2v) is 8.12. The summed E-state index contributed by atoms with van der Waals surface area (Å²) >= 11 is 1.55. The Morgan fingerprint density at radius 2 is 2.26 bits per heavy atom. The van der Waals surface area contributed by atoms with E-state index in [9.17, 15) is 13.2 Å². The number of anilines is 1. The topological polar surface area (TPSA) is 75.3 Å². The number of nitrogens with one attached hydrogen (secondary N) is 2. The van der Waals surface area contributed by atoms with Crippen molar-refractivity contribution in [2.75, 3.05) is 23.4 Å². The van der Waals surface area contributed by atoms with Gasteiger partial charge in [-0.1, -0.05) is 6.92 Å². The zero-order valence-corrected chi connectivity index (χ0v) is 12.4. The van der Waals surface area contributed by atoms with E-state index in [2.05, 4.69) is 17.6 Å². The number of hydrogen-bond donors (Lipinski definition) is 2. The summed E-state index contributed by atoms with van der Waals surface area (Å²) in [4.78, 5) is 12.9. The molecule has 2 rings (SSSR count). The van der Waals surface area contributed by atoms with E-state index in [1.54, 1.807) is 11.3 Å². The summed E-state index contributed by atoms with van der Waals surface area (Å²) in [6.07, 6.45) is 1.59. The Morgan fingerprint density at radius 3 is 2.84 bits per heavy atom. The number of sulfone groups is 1. The van der Waals surface area contributed by atoms with E-state index in [1.807, 2.05) is 12.1 Å². The summed E-state index contributed by atoms with van der Waals surface area (Å²) in [5, 5.41) is 6.30. The standard InChI is InChI=1S/C12H18N2O3S2/c1-2-10-3-4-11(18-10)14-12(15)13-7-9-5-6-19(16,17)8-9/h3-4,9H,2,5-8H2,1H3,(H2,13,14,15)/t9-/m0/s1. The van der Waals surface area contributed by atoms with Gasteiger partial charge in [-0.05, 0) is 30.9 Å².